The summed E-state index contributed by atoms with van der Waals surface area (Å²) in [6.07, 6.45) is 0.309. The molecule has 162 valence electrons. The van der Waals surface area contributed by atoms with Crippen molar-refractivity contribution in [3.8, 4) is 11.5 Å². The molecule has 31 heavy (non-hydrogen) atoms. The van der Waals surface area contributed by atoms with Crippen LogP contribution in [0.15, 0.2) is 77.7 Å². The van der Waals surface area contributed by atoms with Crippen LogP contribution in [0, 0.1) is 0 Å². The number of methoxy groups -OCH3 is 2. The van der Waals surface area contributed by atoms with Crippen LogP contribution in [0.25, 0.3) is 0 Å². The molecule has 3 rings (SSSR count). The summed E-state index contributed by atoms with van der Waals surface area (Å²) < 4.78 is 36.2. The molecule has 0 aromatic heterocycles. The first-order valence-electron chi connectivity index (χ1n) is 9.24. The number of amides is 1. The van der Waals surface area contributed by atoms with Gasteiger partial charge in [-0.15, -0.1) is 5.17 Å². The standard InChI is InChI=1S/C22H22N2O6S/c1-29-19-10-6-9-17(14-19)22(25)24(26)23-31(27,28)21-12-11-20(30-2)15-18(21)13-16-7-4-3-5-8-16/h3-12,14-15,23,26H,13H2,1-2H3. The summed E-state index contributed by atoms with van der Waals surface area (Å²) in [5, 5.41) is 10.1. The number of carbonyl (C=O) groups excluding carboxylic acids is 1. The van der Waals surface area contributed by atoms with Gasteiger partial charge in [0.2, 0.25) is 0 Å². The Morgan fingerprint density at radius 3 is 2.29 bits per heavy atom. The van der Waals surface area contributed by atoms with Gasteiger partial charge in [-0.3, -0.25) is 10.0 Å². The van der Waals surface area contributed by atoms with E-state index in [-0.39, 0.29) is 15.6 Å². The van der Waals surface area contributed by atoms with Gasteiger partial charge in [0.15, 0.2) is 0 Å². The second kappa shape index (κ2) is 9.61. The molecule has 0 saturated heterocycles. The van der Waals surface area contributed by atoms with E-state index in [2.05, 4.69) is 0 Å². The van der Waals surface area contributed by atoms with E-state index in [0.29, 0.717) is 23.5 Å². The number of benzene rings is 3. The first-order chi connectivity index (χ1) is 14.8. The second-order valence-corrected chi connectivity index (χ2v) is 8.21. The zero-order valence-electron chi connectivity index (χ0n) is 17.0. The van der Waals surface area contributed by atoms with Gasteiger partial charge in [0.25, 0.3) is 15.9 Å². The number of rotatable bonds is 8. The number of hydrogen-bond donors (Lipinski definition) is 2. The molecule has 8 nitrogen and oxygen atoms in total. The van der Waals surface area contributed by atoms with Crippen molar-refractivity contribution >= 4 is 15.9 Å². The molecule has 0 heterocycles. The van der Waals surface area contributed by atoms with E-state index in [4.69, 9.17) is 9.47 Å². The Balaban J connectivity index is 1.89. The van der Waals surface area contributed by atoms with Crippen molar-refractivity contribution in [2.75, 3.05) is 14.2 Å². The van der Waals surface area contributed by atoms with Gasteiger partial charge >= 0.3 is 0 Å². The maximum atomic E-state index is 13.0. The highest BCUT2D eigenvalue weighted by atomic mass is 32.2. The molecule has 0 fully saturated rings. The van der Waals surface area contributed by atoms with Crippen LogP contribution in [0.4, 0.5) is 0 Å². The van der Waals surface area contributed by atoms with Gasteiger partial charge in [-0.2, -0.15) is 0 Å². The number of hydrogen-bond acceptors (Lipinski definition) is 6. The fourth-order valence-corrected chi connectivity index (χ4v) is 4.11. The molecule has 9 heteroatoms. The summed E-state index contributed by atoms with van der Waals surface area (Å²) in [4.78, 5) is 14.3. The minimum Gasteiger partial charge on any atom is -0.497 e. The summed E-state index contributed by atoms with van der Waals surface area (Å²) in [6, 6.07) is 19.7. The van der Waals surface area contributed by atoms with E-state index < -0.39 is 15.9 Å². The maximum Gasteiger partial charge on any atom is 0.293 e. The van der Waals surface area contributed by atoms with Crippen LogP contribution in [0.5, 0.6) is 11.5 Å². The normalized spacial score (nSPS) is 11.1. The summed E-state index contributed by atoms with van der Waals surface area (Å²) in [5.41, 5.74) is 1.38. The summed E-state index contributed by atoms with van der Waals surface area (Å²) in [6.45, 7) is 0. The van der Waals surface area contributed by atoms with Gasteiger partial charge in [0.05, 0.1) is 19.1 Å². The minimum atomic E-state index is -4.29. The molecular formula is C22H22N2O6S. The Morgan fingerprint density at radius 1 is 0.935 bits per heavy atom. The Hall–Kier alpha value is -3.40. The monoisotopic (exact) mass is 442 g/mol. The largest absolute Gasteiger partial charge is 0.497 e. The van der Waals surface area contributed by atoms with E-state index in [9.17, 15) is 18.4 Å². The smallest absolute Gasteiger partial charge is 0.293 e. The van der Waals surface area contributed by atoms with Crippen molar-refractivity contribution < 1.29 is 27.9 Å². The summed E-state index contributed by atoms with van der Waals surface area (Å²) in [7, 11) is -1.37. The molecule has 3 aromatic carbocycles. The van der Waals surface area contributed by atoms with Crippen molar-refractivity contribution in [3.63, 3.8) is 0 Å². The molecule has 0 spiro atoms. The van der Waals surface area contributed by atoms with E-state index >= 15 is 0 Å². The SMILES string of the molecule is COc1cccc(C(=O)N(O)NS(=O)(=O)c2ccc(OC)cc2Cc2ccccc2)c1. The Morgan fingerprint density at radius 2 is 1.61 bits per heavy atom. The zero-order valence-corrected chi connectivity index (χ0v) is 17.8. The first kappa shape index (κ1) is 22.3. The first-order valence-corrected chi connectivity index (χ1v) is 10.7. The third-order valence-electron chi connectivity index (χ3n) is 4.51. The molecule has 0 aliphatic carbocycles. The van der Waals surface area contributed by atoms with Crippen molar-refractivity contribution in [2.45, 2.75) is 11.3 Å². The predicted octanol–water partition coefficient (Wildman–Crippen LogP) is 3.02. The highest BCUT2D eigenvalue weighted by molar-refractivity contribution is 7.89. The van der Waals surface area contributed by atoms with Crippen LogP contribution in [0.2, 0.25) is 0 Å². The quantitative estimate of drug-likeness (QED) is 0.410. The topological polar surface area (TPSA) is 105 Å². The predicted molar refractivity (Wildman–Crippen MR) is 114 cm³/mol. The van der Waals surface area contributed by atoms with E-state index in [1.807, 2.05) is 35.2 Å². The van der Waals surface area contributed by atoms with Gasteiger partial charge in [-0.25, -0.2) is 8.42 Å². The van der Waals surface area contributed by atoms with Crippen LogP contribution >= 0.6 is 0 Å². The number of nitrogens with zero attached hydrogens (tertiary/aromatic N) is 1. The van der Waals surface area contributed by atoms with Gasteiger partial charge < -0.3 is 9.47 Å². The number of nitrogens with one attached hydrogen (secondary N) is 1. The molecule has 0 unspecified atom stereocenters. The molecule has 0 radical (unpaired) electrons. The minimum absolute atomic E-state index is 0.0452. The zero-order chi connectivity index (χ0) is 22.4. The number of hydroxylamine groups is 1. The fraction of sp³-hybridized carbons (Fsp3) is 0.136. The average molecular weight is 442 g/mol. The lowest BCUT2D eigenvalue weighted by atomic mass is 10.0. The molecule has 3 aromatic rings. The molecule has 0 bridgehead atoms. The van der Waals surface area contributed by atoms with Gasteiger partial charge in [-0.05, 0) is 53.9 Å². The molecule has 0 aliphatic heterocycles. The van der Waals surface area contributed by atoms with Gasteiger partial charge in [0.1, 0.15) is 11.5 Å². The summed E-state index contributed by atoms with van der Waals surface area (Å²) >= 11 is 0. The molecule has 1 amide bonds. The van der Waals surface area contributed by atoms with Crippen molar-refractivity contribution in [1.29, 1.82) is 0 Å². The van der Waals surface area contributed by atoms with Crippen LogP contribution in [-0.4, -0.2) is 38.9 Å². The third kappa shape index (κ3) is 5.40. The highest BCUT2D eigenvalue weighted by Crippen LogP contribution is 2.25. The van der Waals surface area contributed by atoms with Crippen molar-refractivity contribution in [2.24, 2.45) is 0 Å². The number of hydrazine groups is 1. The Labute approximate surface area is 180 Å². The average Bonchev–Trinajstić information content (AvgIpc) is 2.78. The van der Waals surface area contributed by atoms with E-state index in [1.165, 1.54) is 38.5 Å². The Bertz CT molecular complexity index is 1170. The van der Waals surface area contributed by atoms with Crippen molar-refractivity contribution in [1.82, 2.24) is 10.0 Å². The Kier molecular flexibility index (Phi) is 6.91. The van der Waals surface area contributed by atoms with Crippen molar-refractivity contribution in [3.05, 3.63) is 89.5 Å². The molecule has 2 N–H and O–H groups in total. The van der Waals surface area contributed by atoms with Crippen LogP contribution in [0.1, 0.15) is 21.5 Å². The van der Waals surface area contributed by atoms with Gasteiger partial charge in [-0.1, -0.05) is 41.2 Å². The summed E-state index contributed by atoms with van der Waals surface area (Å²) in [5.74, 6) is -0.0822. The maximum absolute atomic E-state index is 13.0. The second-order valence-electron chi connectivity index (χ2n) is 6.58. The fourth-order valence-electron chi connectivity index (χ4n) is 2.98. The van der Waals surface area contributed by atoms with Gasteiger partial charge in [0, 0.05) is 5.56 Å². The third-order valence-corrected chi connectivity index (χ3v) is 5.90. The number of ether oxygens (including phenoxy) is 2. The van der Waals surface area contributed by atoms with E-state index in [1.54, 1.807) is 18.2 Å². The number of sulfonamides is 1. The molecule has 0 saturated carbocycles. The van der Waals surface area contributed by atoms with Crippen LogP contribution < -0.4 is 14.3 Å². The lowest BCUT2D eigenvalue weighted by Crippen LogP contribution is -2.44. The molecular weight excluding hydrogens is 420 g/mol. The molecule has 0 aliphatic rings. The van der Waals surface area contributed by atoms with E-state index in [0.717, 1.165) is 5.56 Å². The van der Waals surface area contributed by atoms with Crippen LogP contribution in [-0.2, 0) is 16.4 Å². The highest BCUT2D eigenvalue weighted by Gasteiger charge is 2.25. The lowest BCUT2D eigenvalue weighted by molar-refractivity contribution is -0.0761. The van der Waals surface area contributed by atoms with Crippen LogP contribution in [0.3, 0.4) is 0 Å². The lowest BCUT2D eigenvalue weighted by Gasteiger charge is -2.18. The molecule has 0 atom stereocenters. The number of carbonyl (C=O) groups is 1.